The molecule has 14 heavy (non-hydrogen) atoms. The molecule has 0 aliphatic heterocycles. The van der Waals surface area contributed by atoms with Crippen LogP contribution in [0.3, 0.4) is 0 Å². The highest BCUT2D eigenvalue weighted by atomic mass is 16.5. The van der Waals surface area contributed by atoms with Crippen molar-refractivity contribution in [2.75, 3.05) is 7.11 Å². The fraction of sp³-hybridized carbons (Fsp3) is 0.667. The Hall–Kier alpha value is -1.41. The Bertz CT molecular complexity index is 351. The van der Waals surface area contributed by atoms with E-state index < -0.39 is 0 Å². The Morgan fingerprint density at radius 2 is 2.50 bits per heavy atom. The molecular weight excluding hydrogens is 182 g/mol. The first-order valence-corrected chi connectivity index (χ1v) is 4.57. The second-order valence-corrected chi connectivity index (χ2v) is 3.37. The second-order valence-electron chi connectivity index (χ2n) is 3.37. The van der Waals surface area contributed by atoms with E-state index in [1.54, 1.807) is 7.11 Å². The molecule has 1 aromatic rings. The number of ether oxygens (including phenoxy) is 1. The molecule has 1 heterocycles. The van der Waals surface area contributed by atoms with Gasteiger partial charge in [-0.15, -0.1) is 0 Å². The number of methoxy groups -OCH3 is 1. The maximum atomic E-state index is 8.44. The van der Waals surface area contributed by atoms with Crippen LogP contribution in [0.4, 0.5) is 0 Å². The first-order chi connectivity index (χ1) is 6.85. The fourth-order valence-corrected chi connectivity index (χ4v) is 1.43. The lowest BCUT2D eigenvalue weighted by atomic mass is 10.2. The Balaban J connectivity index is 2.10. The summed E-state index contributed by atoms with van der Waals surface area (Å²) >= 11 is 0. The quantitative estimate of drug-likeness (QED) is 0.719. The van der Waals surface area contributed by atoms with Crippen molar-refractivity contribution in [3.05, 3.63) is 11.7 Å². The average Bonchev–Trinajstić information content (AvgIpc) is 2.90. The van der Waals surface area contributed by atoms with E-state index in [2.05, 4.69) is 10.1 Å². The minimum atomic E-state index is -0.0637. The molecule has 1 atom stereocenters. The van der Waals surface area contributed by atoms with Gasteiger partial charge in [0.2, 0.25) is 11.7 Å². The lowest BCUT2D eigenvalue weighted by Gasteiger charge is -2.07. The van der Waals surface area contributed by atoms with Gasteiger partial charge in [0, 0.05) is 7.11 Å². The van der Waals surface area contributed by atoms with Crippen LogP contribution in [0.25, 0.3) is 0 Å². The number of aromatic nitrogens is 2. The predicted octanol–water partition coefficient (Wildman–Crippen LogP) is 1.23. The number of hydrogen-bond acceptors (Lipinski definition) is 5. The van der Waals surface area contributed by atoms with Gasteiger partial charge in [0.1, 0.15) is 12.5 Å². The standard InChI is InChI=1S/C9H11N3O2/c1-13-8(6-2-3-6)9-11-7(4-5-10)14-12-9/h6,8H,2-4H2,1H3. The van der Waals surface area contributed by atoms with Gasteiger partial charge in [-0.05, 0) is 18.8 Å². The molecule has 1 saturated carbocycles. The molecule has 0 amide bonds. The number of hydrogen-bond donors (Lipinski definition) is 0. The van der Waals surface area contributed by atoms with Gasteiger partial charge in [0.05, 0.1) is 6.07 Å². The fourth-order valence-electron chi connectivity index (χ4n) is 1.43. The smallest absolute Gasteiger partial charge is 0.240 e. The first-order valence-electron chi connectivity index (χ1n) is 4.57. The summed E-state index contributed by atoms with van der Waals surface area (Å²) < 4.78 is 10.2. The summed E-state index contributed by atoms with van der Waals surface area (Å²) in [6.07, 6.45) is 2.40. The average molecular weight is 193 g/mol. The van der Waals surface area contributed by atoms with Gasteiger partial charge in [-0.25, -0.2) is 0 Å². The SMILES string of the molecule is COC(c1noc(CC#N)n1)C1CC1. The number of rotatable bonds is 4. The highest BCUT2D eigenvalue weighted by Crippen LogP contribution is 2.41. The Labute approximate surface area is 81.7 Å². The van der Waals surface area contributed by atoms with Crippen LogP contribution in [0, 0.1) is 17.2 Å². The first kappa shape index (κ1) is 9.16. The highest BCUT2D eigenvalue weighted by molar-refractivity contribution is 5.00. The van der Waals surface area contributed by atoms with Gasteiger partial charge >= 0.3 is 0 Å². The lowest BCUT2D eigenvalue weighted by Crippen LogP contribution is -2.05. The van der Waals surface area contributed by atoms with E-state index >= 15 is 0 Å². The third kappa shape index (κ3) is 1.75. The molecule has 0 radical (unpaired) electrons. The van der Waals surface area contributed by atoms with Crippen LogP contribution in [-0.2, 0) is 11.2 Å². The minimum Gasteiger partial charge on any atom is -0.373 e. The monoisotopic (exact) mass is 193 g/mol. The van der Waals surface area contributed by atoms with E-state index in [9.17, 15) is 0 Å². The summed E-state index contributed by atoms with van der Waals surface area (Å²) in [6.45, 7) is 0. The van der Waals surface area contributed by atoms with Gasteiger partial charge in [-0.1, -0.05) is 5.16 Å². The normalized spacial score (nSPS) is 17.7. The van der Waals surface area contributed by atoms with Crippen LogP contribution in [0.15, 0.2) is 4.52 Å². The van der Waals surface area contributed by atoms with Crippen LogP contribution in [0.2, 0.25) is 0 Å². The summed E-state index contributed by atoms with van der Waals surface area (Å²) in [5.74, 6) is 1.46. The molecule has 0 spiro atoms. The van der Waals surface area contributed by atoms with E-state index in [-0.39, 0.29) is 12.5 Å². The van der Waals surface area contributed by atoms with E-state index in [4.69, 9.17) is 14.5 Å². The molecular formula is C9H11N3O2. The minimum absolute atomic E-state index is 0.0637. The van der Waals surface area contributed by atoms with Crippen LogP contribution >= 0.6 is 0 Å². The summed E-state index contributed by atoms with van der Waals surface area (Å²) in [7, 11) is 1.64. The molecule has 1 aromatic heterocycles. The van der Waals surface area contributed by atoms with Gasteiger partial charge in [0.15, 0.2) is 0 Å². The summed E-state index contributed by atoms with van der Waals surface area (Å²) in [6, 6.07) is 1.96. The third-order valence-electron chi connectivity index (χ3n) is 2.27. The molecule has 0 bridgehead atoms. The Morgan fingerprint density at radius 1 is 1.71 bits per heavy atom. The molecule has 0 N–H and O–H groups in total. The summed E-state index contributed by atoms with van der Waals surface area (Å²) in [5.41, 5.74) is 0. The van der Waals surface area contributed by atoms with Crippen LogP contribution in [-0.4, -0.2) is 17.3 Å². The molecule has 1 aliphatic carbocycles. The number of nitriles is 1. The van der Waals surface area contributed by atoms with Gasteiger partial charge < -0.3 is 9.26 Å². The zero-order valence-corrected chi connectivity index (χ0v) is 7.93. The number of nitrogens with zero attached hydrogens (tertiary/aromatic N) is 3. The van der Waals surface area contributed by atoms with Crippen molar-refractivity contribution in [2.24, 2.45) is 5.92 Å². The molecule has 1 aliphatic rings. The third-order valence-corrected chi connectivity index (χ3v) is 2.27. The summed E-state index contributed by atoms with van der Waals surface area (Å²) in [4.78, 5) is 4.11. The van der Waals surface area contributed by atoms with Crippen molar-refractivity contribution < 1.29 is 9.26 Å². The topological polar surface area (TPSA) is 71.9 Å². The lowest BCUT2D eigenvalue weighted by molar-refractivity contribution is 0.0751. The van der Waals surface area contributed by atoms with Gasteiger partial charge in [0.25, 0.3) is 0 Å². The molecule has 5 heteroatoms. The van der Waals surface area contributed by atoms with Crippen molar-refractivity contribution in [1.29, 1.82) is 5.26 Å². The molecule has 0 aromatic carbocycles. The predicted molar refractivity (Wildman–Crippen MR) is 46.1 cm³/mol. The maximum absolute atomic E-state index is 8.44. The highest BCUT2D eigenvalue weighted by Gasteiger charge is 2.35. The molecule has 5 nitrogen and oxygen atoms in total. The van der Waals surface area contributed by atoms with Crippen molar-refractivity contribution in [3.63, 3.8) is 0 Å². The van der Waals surface area contributed by atoms with Crippen molar-refractivity contribution in [1.82, 2.24) is 10.1 Å². The van der Waals surface area contributed by atoms with Crippen molar-refractivity contribution >= 4 is 0 Å². The largest absolute Gasteiger partial charge is 0.373 e. The summed E-state index contributed by atoms with van der Waals surface area (Å²) in [5, 5.41) is 12.2. The zero-order chi connectivity index (χ0) is 9.97. The van der Waals surface area contributed by atoms with Crippen LogP contribution in [0.1, 0.15) is 30.7 Å². The Morgan fingerprint density at radius 3 is 3.07 bits per heavy atom. The van der Waals surface area contributed by atoms with E-state index in [0.717, 1.165) is 12.8 Å². The van der Waals surface area contributed by atoms with Crippen LogP contribution < -0.4 is 0 Å². The molecule has 74 valence electrons. The molecule has 1 fully saturated rings. The zero-order valence-electron chi connectivity index (χ0n) is 7.93. The Kier molecular flexibility index (Phi) is 2.46. The van der Waals surface area contributed by atoms with Gasteiger partial charge in [-0.2, -0.15) is 10.2 Å². The van der Waals surface area contributed by atoms with Crippen LogP contribution in [0.5, 0.6) is 0 Å². The molecule has 1 unspecified atom stereocenters. The van der Waals surface area contributed by atoms with Crippen molar-refractivity contribution in [2.45, 2.75) is 25.4 Å². The molecule has 0 saturated heterocycles. The second kappa shape index (κ2) is 3.76. The maximum Gasteiger partial charge on any atom is 0.240 e. The van der Waals surface area contributed by atoms with E-state index in [1.807, 2.05) is 6.07 Å². The molecule has 2 rings (SSSR count). The van der Waals surface area contributed by atoms with Crippen molar-refractivity contribution in [3.8, 4) is 6.07 Å². The van der Waals surface area contributed by atoms with E-state index in [1.165, 1.54) is 0 Å². The van der Waals surface area contributed by atoms with Gasteiger partial charge in [-0.3, -0.25) is 0 Å². The van der Waals surface area contributed by atoms with E-state index in [0.29, 0.717) is 17.6 Å².